The van der Waals surface area contributed by atoms with Crippen LogP contribution in [0.5, 0.6) is 0 Å². The molecule has 1 saturated carbocycles. The molecule has 0 heterocycles. The molecule has 1 atom stereocenters. The summed E-state index contributed by atoms with van der Waals surface area (Å²) in [6.45, 7) is 4.31. The second kappa shape index (κ2) is 7.70. The fourth-order valence-electron chi connectivity index (χ4n) is 2.60. The lowest BCUT2D eigenvalue weighted by molar-refractivity contribution is -0.126. The molecule has 2 N–H and O–H groups in total. The quantitative estimate of drug-likeness (QED) is 0.750. The Labute approximate surface area is 105 Å². The van der Waals surface area contributed by atoms with Crippen molar-refractivity contribution >= 4 is 5.91 Å². The average Bonchev–Trinajstić information content (AvgIpc) is 2.34. The van der Waals surface area contributed by atoms with Gasteiger partial charge in [-0.05, 0) is 38.5 Å². The van der Waals surface area contributed by atoms with Crippen LogP contribution in [-0.2, 0) is 4.79 Å². The highest BCUT2D eigenvalue weighted by Crippen LogP contribution is 2.31. The maximum Gasteiger partial charge on any atom is 0.223 e. The number of amides is 1. The molecule has 1 unspecified atom stereocenters. The molecule has 0 saturated heterocycles. The van der Waals surface area contributed by atoms with Gasteiger partial charge in [-0.2, -0.15) is 0 Å². The van der Waals surface area contributed by atoms with Gasteiger partial charge in [0, 0.05) is 12.5 Å². The minimum Gasteiger partial charge on any atom is -0.392 e. The first-order chi connectivity index (χ1) is 8.13. The molecule has 17 heavy (non-hydrogen) atoms. The van der Waals surface area contributed by atoms with Crippen LogP contribution in [0.25, 0.3) is 0 Å². The third kappa shape index (κ3) is 5.53. The molecule has 1 aliphatic rings. The van der Waals surface area contributed by atoms with E-state index in [-0.39, 0.29) is 11.8 Å². The van der Waals surface area contributed by atoms with E-state index in [9.17, 15) is 4.79 Å². The number of aliphatic hydroxyl groups is 1. The SMILES string of the molecule is CCCCC1CCC(C(=O)NCC(C)O)CC1. The van der Waals surface area contributed by atoms with E-state index in [0.717, 1.165) is 18.8 Å². The Morgan fingerprint density at radius 1 is 1.35 bits per heavy atom. The highest BCUT2D eigenvalue weighted by molar-refractivity contribution is 5.78. The molecule has 0 aromatic heterocycles. The van der Waals surface area contributed by atoms with E-state index in [1.165, 1.54) is 32.1 Å². The molecular weight excluding hydrogens is 214 g/mol. The molecule has 0 bridgehead atoms. The Morgan fingerprint density at radius 3 is 2.53 bits per heavy atom. The zero-order valence-electron chi connectivity index (χ0n) is 11.2. The van der Waals surface area contributed by atoms with Crippen molar-refractivity contribution in [2.75, 3.05) is 6.54 Å². The normalized spacial score (nSPS) is 26.5. The van der Waals surface area contributed by atoms with Crippen molar-refractivity contribution < 1.29 is 9.90 Å². The van der Waals surface area contributed by atoms with Crippen LogP contribution in [0.3, 0.4) is 0 Å². The van der Waals surface area contributed by atoms with Gasteiger partial charge in [-0.25, -0.2) is 0 Å². The lowest BCUT2D eigenvalue weighted by Crippen LogP contribution is -2.37. The largest absolute Gasteiger partial charge is 0.392 e. The van der Waals surface area contributed by atoms with Crippen molar-refractivity contribution in [3.63, 3.8) is 0 Å². The Hall–Kier alpha value is -0.570. The van der Waals surface area contributed by atoms with E-state index in [4.69, 9.17) is 5.11 Å². The Balaban J connectivity index is 2.19. The van der Waals surface area contributed by atoms with Crippen LogP contribution in [0, 0.1) is 11.8 Å². The molecule has 1 rings (SSSR count). The molecule has 0 radical (unpaired) electrons. The van der Waals surface area contributed by atoms with Crippen LogP contribution in [0.15, 0.2) is 0 Å². The third-order valence-corrected chi connectivity index (χ3v) is 3.76. The molecule has 1 aliphatic carbocycles. The van der Waals surface area contributed by atoms with Gasteiger partial charge in [-0.1, -0.05) is 26.2 Å². The summed E-state index contributed by atoms with van der Waals surface area (Å²) < 4.78 is 0. The maximum atomic E-state index is 11.8. The van der Waals surface area contributed by atoms with Crippen LogP contribution in [-0.4, -0.2) is 23.7 Å². The van der Waals surface area contributed by atoms with Crippen LogP contribution in [0.1, 0.15) is 58.8 Å². The Morgan fingerprint density at radius 2 is 2.00 bits per heavy atom. The minimum absolute atomic E-state index is 0.139. The van der Waals surface area contributed by atoms with Gasteiger partial charge in [0.15, 0.2) is 0 Å². The standard InChI is InChI=1S/C14H27NO2/c1-3-4-5-12-6-8-13(9-7-12)14(17)15-10-11(2)16/h11-13,16H,3-10H2,1-2H3,(H,15,17). The topological polar surface area (TPSA) is 49.3 Å². The smallest absolute Gasteiger partial charge is 0.223 e. The van der Waals surface area contributed by atoms with Gasteiger partial charge in [0.25, 0.3) is 0 Å². The molecule has 3 heteroatoms. The van der Waals surface area contributed by atoms with Gasteiger partial charge in [0.2, 0.25) is 5.91 Å². The van der Waals surface area contributed by atoms with Gasteiger partial charge in [0.1, 0.15) is 0 Å². The van der Waals surface area contributed by atoms with Gasteiger partial charge in [-0.3, -0.25) is 4.79 Å². The van der Waals surface area contributed by atoms with Crippen molar-refractivity contribution in [1.29, 1.82) is 0 Å². The number of carbonyl (C=O) groups is 1. The number of hydrogen-bond donors (Lipinski definition) is 2. The van der Waals surface area contributed by atoms with Gasteiger partial charge < -0.3 is 10.4 Å². The molecule has 0 aliphatic heterocycles. The van der Waals surface area contributed by atoms with Gasteiger partial charge >= 0.3 is 0 Å². The predicted molar refractivity (Wildman–Crippen MR) is 69.7 cm³/mol. The summed E-state index contributed by atoms with van der Waals surface area (Å²) in [7, 11) is 0. The fraction of sp³-hybridized carbons (Fsp3) is 0.929. The number of aliphatic hydroxyl groups excluding tert-OH is 1. The van der Waals surface area contributed by atoms with Crippen molar-refractivity contribution in [2.45, 2.75) is 64.9 Å². The Bertz CT molecular complexity index is 220. The van der Waals surface area contributed by atoms with Crippen LogP contribution >= 0.6 is 0 Å². The summed E-state index contributed by atoms with van der Waals surface area (Å²) in [6, 6.07) is 0. The zero-order valence-corrected chi connectivity index (χ0v) is 11.2. The number of nitrogens with one attached hydrogen (secondary N) is 1. The van der Waals surface area contributed by atoms with Crippen molar-refractivity contribution in [2.24, 2.45) is 11.8 Å². The van der Waals surface area contributed by atoms with Crippen molar-refractivity contribution in [1.82, 2.24) is 5.32 Å². The summed E-state index contributed by atoms with van der Waals surface area (Å²) in [5.74, 6) is 1.17. The van der Waals surface area contributed by atoms with E-state index in [0.29, 0.717) is 6.54 Å². The van der Waals surface area contributed by atoms with E-state index in [1.807, 2.05) is 0 Å². The minimum atomic E-state index is -0.445. The van der Waals surface area contributed by atoms with Gasteiger partial charge in [-0.15, -0.1) is 0 Å². The molecular formula is C14H27NO2. The Kier molecular flexibility index (Phi) is 6.56. The van der Waals surface area contributed by atoms with E-state index in [2.05, 4.69) is 12.2 Å². The van der Waals surface area contributed by atoms with E-state index < -0.39 is 6.10 Å². The summed E-state index contributed by atoms with van der Waals surface area (Å²) in [6.07, 6.45) is 7.94. The second-order valence-corrected chi connectivity index (χ2v) is 5.45. The average molecular weight is 241 g/mol. The van der Waals surface area contributed by atoms with E-state index in [1.54, 1.807) is 6.92 Å². The highest BCUT2D eigenvalue weighted by Gasteiger charge is 2.25. The van der Waals surface area contributed by atoms with Crippen molar-refractivity contribution in [3.05, 3.63) is 0 Å². The maximum absolute atomic E-state index is 11.8. The van der Waals surface area contributed by atoms with Crippen LogP contribution in [0.2, 0.25) is 0 Å². The summed E-state index contributed by atoms with van der Waals surface area (Å²) in [4.78, 5) is 11.8. The summed E-state index contributed by atoms with van der Waals surface area (Å²) in [5, 5.41) is 11.9. The molecule has 0 aromatic carbocycles. The molecule has 0 aromatic rings. The lowest BCUT2D eigenvalue weighted by Gasteiger charge is -2.27. The van der Waals surface area contributed by atoms with Crippen molar-refractivity contribution in [3.8, 4) is 0 Å². The zero-order chi connectivity index (χ0) is 12.7. The van der Waals surface area contributed by atoms with Crippen LogP contribution in [0.4, 0.5) is 0 Å². The number of rotatable bonds is 6. The molecule has 1 amide bonds. The number of unbranched alkanes of at least 4 members (excludes halogenated alkanes) is 1. The first-order valence-corrected chi connectivity index (χ1v) is 7.09. The molecule has 3 nitrogen and oxygen atoms in total. The third-order valence-electron chi connectivity index (χ3n) is 3.76. The lowest BCUT2D eigenvalue weighted by atomic mass is 9.79. The molecule has 0 spiro atoms. The molecule has 100 valence electrons. The number of carbonyl (C=O) groups excluding carboxylic acids is 1. The second-order valence-electron chi connectivity index (χ2n) is 5.45. The number of hydrogen-bond acceptors (Lipinski definition) is 2. The van der Waals surface area contributed by atoms with Gasteiger partial charge in [0.05, 0.1) is 6.10 Å². The summed E-state index contributed by atoms with van der Waals surface area (Å²) in [5.41, 5.74) is 0. The molecule has 1 fully saturated rings. The predicted octanol–water partition coefficient (Wildman–Crippen LogP) is 2.48. The summed E-state index contributed by atoms with van der Waals surface area (Å²) >= 11 is 0. The first-order valence-electron chi connectivity index (χ1n) is 7.09. The fourth-order valence-corrected chi connectivity index (χ4v) is 2.60. The monoisotopic (exact) mass is 241 g/mol. The van der Waals surface area contributed by atoms with Crippen LogP contribution < -0.4 is 5.32 Å². The highest BCUT2D eigenvalue weighted by atomic mass is 16.3. The van der Waals surface area contributed by atoms with E-state index >= 15 is 0 Å². The first kappa shape index (κ1) is 14.5.